The normalized spacial score (nSPS) is 17.7. The highest BCUT2D eigenvalue weighted by molar-refractivity contribution is 5.74. The van der Waals surface area contributed by atoms with Gasteiger partial charge in [-0.3, -0.25) is 0 Å². The van der Waals surface area contributed by atoms with E-state index < -0.39 is 0 Å². The van der Waals surface area contributed by atoms with Gasteiger partial charge in [-0.15, -0.1) is 0 Å². The Morgan fingerprint density at radius 2 is 1.96 bits per heavy atom. The van der Waals surface area contributed by atoms with Crippen molar-refractivity contribution in [1.29, 1.82) is 0 Å². The minimum Gasteiger partial charge on any atom is -0.384 e. The first kappa shape index (κ1) is 17.7. The van der Waals surface area contributed by atoms with E-state index in [9.17, 15) is 9.18 Å². The van der Waals surface area contributed by atoms with Gasteiger partial charge in [0.25, 0.3) is 0 Å². The molecular formula is C18H27FN2O2. The quantitative estimate of drug-likeness (QED) is 0.867. The first-order valence-corrected chi connectivity index (χ1v) is 8.22. The van der Waals surface area contributed by atoms with Crippen molar-refractivity contribution < 1.29 is 13.9 Å². The highest BCUT2D eigenvalue weighted by atomic mass is 19.1. The molecule has 1 aromatic rings. The van der Waals surface area contributed by atoms with Crippen LogP contribution in [0, 0.1) is 11.2 Å². The van der Waals surface area contributed by atoms with Crippen LogP contribution in [0.15, 0.2) is 24.3 Å². The number of ether oxygens (including phenoxy) is 1. The maximum atomic E-state index is 13.0. The summed E-state index contributed by atoms with van der Waals surface area (Å²) >= 11 is 0. The van der Waals surface area contributed by atoms with E-state index in [4.69, 9.17) is 4.74 Å². The molecule has 4 nitrogen and oxygen atoms in total. The smallest absolute Gasteiger partial charge is 0.317 e. The molecule has 1 saturated carbocycles. The maximum Gasteiger partial charge on any atom is 0.317 e. The van der Waals surface area contributed by atoms with E-state index in [1.54, 1.807) is 31.2 Å². The van der Waals surface area contributed by atoms with Crippen molar-refractivity contribution in [3.63, 3.8) is 0 Å². The molecular weight excluding hydrogens is 295 g/mol. The van der Waals surface area contributed by atoms with Crippen molar-refractivity contribution in [2.45, 2.75) is 38.6 Å². The largest absolute Gasteiger partial charge is 0.384 e. The average Bonchev–Trinajstić information content (AvgIpc) is 3.01. The standard InChI is InChI=1S/C18H27FN2O2/c1-14(15-6-8-16(19)9-7-15)21(2)17(22)20-12-18(13-23-3)10-4-5-11-18/h6-9,14H,4-5,10-13H2,1-3H3,(H,20,22)/t14-/m0/s1. The van der Waals surface area contributed by atoms with Crippen molar-refractivity contribution >= 4 is 6.03 Å². The van der Waals surface area contributed by atoms with Crippen molar-refractivity contribution in [3.05, 3.63) is 35.6 Å². The number of hydrogen-bond donors (Lipinski definition) is 1. The van der Waals surface area contributed by atoms with E-state index in [1.807, 2.05) is 6.92 Å². The van der Waals surface area contributed by atoms with Crippen molar-refractivity contribution in [3.8, 4) is 0 Å². The molecule has 23 heavy (non-hydrogen) atoms. The molecule has 2 rings (SSSR count). The zero-order valence-corrected chi connectivity index (χ0v) is 14.3. The zero-order valence-electron chi connectivity index (χ0n) is 14.3. The molecule has 0 heterocycles. The van der Waals surface area contributed by atoms with E-state index in [1.165, 1.54) is 25.0 Å². The SMILES string of the molecule is COCC1(CNC(=O)N(C)[C@@H](C)c2ccc(F)cc2)CCCC1. The van der Waals surface area contributed by atoms with Crippen LogP contribution in [-0.2, 0) is 4.74 Å². The van der Waals surface area contributed by atoms with Crippen molar-refractivity contribution in [2.24, 2.45) is 5.41 Å². The van der Waals surface area contributed by atoms with E-state index in [0.29, 0.717) is 13.2 Å². The van der Waals surface area contributed by atoms with E-state index in [0.717, 1.165) is 18.4 Å². The third-order valence-electron chi connectivity index (χ3n) is 4.98. The number of rotatable bonds is 6. The van der Waals surface area contributed by atoms with Crippen LogP contribution in [0.1, 0.15) is 44.2 Å². The summed E-state index contributed by atoms with van der Waals surface area (Å²) in [5.74, 6) is -0.268. The van der Waals surface area contributed by atoms with Gasteiger partial charge in [-0.05, 0) is 37.5 Å². The summed E-state index contributed by atoms with van der Waals surface area (Å²) in [5, 5.41) is 3.04. The molecule has 1 N–H and O–H groups in total. The van der Waals surface area contributed by atoms with Gasteiger partial charge in [-0.1, -0.05) is 25.0 Å². The van der Waals surface area contributed by atoms with Gasteiger partial charge < -0.3 is 15.0 Å². The van der Waals surface area contributed by atoms with Crippen LogP contribution >= 0.6 is 0 Å². The van der Waals surface area contributed by atoms with Gasteiger partial charge in [0.15, 0.2) is 0 Å². The molecule has 2 amide bonds. The Kier molecular flexibility index (Phi) is 5.99. The molecule has 0 unspecified atom stereocenters. The molecule has 0 saturated heterocycles. The van der Waals surface area contributed by atoms with E-state index in [-0.39, 0.29) is 23.3 Å². The Hall–Kier alpha value is -1.62. The third-order valence-corrected chi connectivity index (χ3v) is 4.98. The van der Waals surface area contributed by atoms with Gasteiger partial charge in [0.1, 0.15) is 5.82 Å². The second-order valence-electron chi connectivity index (χ2n) is 6.64. The summed E-state index contributed by atoms with van der Waals surface area (Å²) in [6, 6.07) is 6.05. The summed E-state index contributed by atoms with van der Waals surface area (Å²) in [6.45, 7) is 3.26. The number of carbonyl (C=O) groups is 1. The highest BCUT2D eigenvalue weighted by Crippen LogP contribution is 2.37. The average molecular weight is 322 g/mol. The first-order valence-electron chi connectivity index (χ1n) is 8.22. The predicted octanol–water partition coefficient (Wildman–Crippen LogP) is 3.73. The van der Waals surface area contributed by atoms with Gasteiger partial charge in [-0.25, -0.2) is 9.18 Å². The highest BCUT2D eigenvalue weighted by Gasteiger charge is 2.34. The third kappa shape index (κ3) is 4.44. The number of amides is 2. The lowest BCUT2D eigenvalue weighted by Crippen LogP contribution is -2.44. The molecule has 1 atom stereocenters. The van der Waals surface area contributed by atoms with Crippen molar-refractivity contribution in [2.75, 3.05) is 27.3 Å². The molecule has 0 bridgehead atoms. The predicted molar refractivity (Wildman–Crippen MR) is 88.8 cm³/mol. The van der Waals surface area contributed by atoms with Crippen LogP contribution in [0.4, 0.5) is 9.18 Å². The van der Waals surface area contributed by atoms with E-state index in [2.05, 4.69) is 5.32 Å². The topological polar surface area (TPSA) is 41.6 Å². The lowest BCUT2D eigenvalue weighted by atomic mass is 9.87. The molecule has 0 aromatic heterocycles. The molecule has 1 fully saturated rings. The second kappa shape index (κ2) is 7.77. The zero-order chi connectivity index (χ0) is 16.9. The van der Waals surface area contributed by atoms with Crippen LogP contribution in [0.3, 0.4) is 0 Å². The summed E-state index contributed by atoms with van der Waals surface area (Å²) in [4.78, 5) is 14.1. The number of halogens is 1. The van der Waals surface area contributed by atoms with Gasteiger partial charge in [-0.2, -0.15) is 0 Å². The molecule has 0 spiro atoms. The number of nitrogens with one attached hydrogen (secondary N) is 1. The molecule has 1 aromatic carbocycles. The van der Waals surface area contributed by atoms with Crippen LogP contribution in [-0.4, -0.2) is 38.2 Å². The fourth-order valence-electron chi connectivity index (χ4n) is 3.33. The number of nitrogens with zero attached hydrogens (tertiary/aromatic N) is 1. The maximum absolute atomic E-state index is 13.0. The Labute approximate surface area is 138 Å². The molecule has 0 aliphatic heterocycles. The second-order valence-corrected chi connectivity index (χ2v) is 6.64. The van der Waals surface area contributed by atoms with Crippen LogP contribution in [0.5, 0.6) is 0 Å². The van der Waals surface area contributed by atoms with Gasteiger partial charge >= 0.3 is 6.03 Å². The van der Waals surface area contributed by atoms with Crippen LogP contribution in [0.25, 0.3) is 0 Å². The number of hydrogen-bond acceptors (Lipinski definition) is 2. The number of carbonyl (C=O) groups excluding carboxylic acids is 1. The Morgan fingerprint density at radius 1 is 1.35 bits per heavy atom. The lowest BCUT2D eigenvalue weighted by molar-refractivity contribution is 0.0824. The summed E-state index contributed by atoms with van der Waals surface area (Å²) < 4.78 is 18.4. The first-order chi connectivity index (χ1) is 11.0. The molecule has 1 aliphatic carbocycles. The number of methoxy groups -OCH3 is 1. The minimum atomic E-state index is -0.268. The van der Waals surface area contributed by atoms with E-state index >= 15 is 0 Å². The van der Waals surface area contributed by atoms with Gasteiger partial charge in [0.05, 0.1) is 12.6 Å². The summed E-state index contributed by atoms with van der Waals surface area (Å²) in [6.07, 6.45) is 4.58. The molecule has 128 valence electrons. The number of urea groups is 1. The Bertz CT molecular complexity index is 512. The molecule has 1 aliphatic rings. The minimum absolute atomic E-state index is 0.0738. The van der Waals surface area contributed by atoms with Gasteiger partial charge in [0.2, 0.25) is 0 Å². The molecule has 5 heteroatoms. The van der Waals surface area contributed by atoms with Crippen LogP contribution in [0.2, 0.25) is 0 Å². The van der Waals surface area contributed by atoms with Crippen LogP contribution < -0.4 is 5.32 Å². The lowest BCUT2D eigenvalue weighted by Gasteiger charge is -2.31. The van der Waals surface area contributed by atoms with Crippen molar-refractivity contribution in [1.82, 2.24) is 10.2 Å². The fraction of sp³-hybridized carbons (Fsp3) is 0.611. The monoisotopic (exact) mass is 322 g/mol. The Balaban J connectivity index is 1.92. The number of benzene rings is 1. The Morgan fingerprint density at radius 3 is 2.52 bits per heavy atom. The summed E-state index contributed by atoms with van der Waals surface area (Å²) in [7, 11) is 3.48. The fourth-order valence-corrected chi connectivity index (χ4v) is 3.33. The molecule has 0 radical (unpaired) electrons. The van der Waals surface area contributed by atoms with Gasteiger partial charge in [0, 0.05) is 26.1 Å². The summed E-state index contributed by atoms with van der Waals surface area (Å²) in [5.41, 5.74) is 0.987.